The summed E-state index contributed by atoms with van der Waals surface area (Å²) in [5.41, 5.74) is 0. The van der Waals surface area contributed by atoms with Crippen LogP contribution in [0, 0.1) is 5.92 Å². The maximum absolute atomic E-state index is 12.3. The van der Waals surface area contributed by atoms with Crippen LogP contribution in [0.2, 0.25) is 0 Å². The van der Waals surface area contributed by atoms with Gasteiger partial charge in [-0.2, -0.15) is 12.6 Å². The number of carbonyl (C=O) groups excluding carboxylic acids is 1. The SMILES string of the molecule is O=C(C1CCOCC1)N1CCN(CCS)CC1. The zero-order valence-corrected chi connectivity index (χ0v) is 11.2. The molecule has 0 saturated carbocycles. The second-order valence-electron chi connectivity index (χ2n) is 4.78. The highest BCUT2D eigenvalue weighted by molar-refractivity contribution is 7.80. The van der Waals surface area contributed by atoms with Gasteiger partial charge in [-0.15, -0.1) is 0 Å². The minimum absolute atomic E-state index is 0.208. The van der Waals surface area contributed by atoms with Gasteiger partial charge in [0.2, 0.25) is 5.91 Å². The molecular formula is C12H22N2O2S. The summed E-state index contributed by atoms with van der Waals surface area (Å²) < 4.78 is 5.30. The van der Waals surface area contributed by atoms with Gasteiger partial charge in [-0.25, -0.2) is 0 Å². The molecule has 0 aromatic carbocycles. The Kier molecular flexibility index (Phi) is 5.13. The van der Waals surface area contributed by atoms with Gasteiger partial charge < -0.3 is 9.64 Å². The average Bonchev–Trinajstić information content (AvgIpc) is 2.40. The Morgan fingerprint density at radius 3 is 2.41 bits per heavy atom. The molecule has 1 amide bonds. The normalized spacial score (nSPS) is 23.9. The molecule has 0 radical (unpaired) electrons. The lowest BCUT2D eigenvalue weighted by Gasteiger charge is -2.36. The predicted octanol–water partition coefficient (Wildman–Crippen LogP) is 0.487. The third kappa shape index (κ3) is 3.60. The number of hydrogen-bond donors (Lipinski definition) is 1. The van der Waals surface area contributed by atoms with Crippen molar-refractivity contribution >= 4 is 18.5 Å². The molecule has 2 aliphatic rings. The van der Waals surface area contributed by atoms with Crippen molar-refractivity contribution in [3.8, 4) is 0 Å². The summed E-state index contributed by atoms with van der Waals surface area (Å²) in [5.74, 6) is 1.45. The summed E-state index contributed by atoms with van der Waals surface area (Å²) in [7, 11) is 0. The molecule has 0 aliphatic carbocycles. The summed E-state index contributed by atoms with van der Waals surface area (Å²) in [5, 5.41) is 0. The number of hydrogen-bond acceptors (Lipinski definition) is 4. The van der Waals surface area contributed by atoms with Crippen LogP contribution in [0.5, 0.6) is 0 Å². The van der Waals surface area contributed by atoms with Gasteiger partial charge in [-0.05, 0) is 12.8 Å². The highest BCUT2D eigenvalue weighted by atomic mass is 32.1. The zero-order valence-electron chi connectivity index (χ0n) is 10.3. The van der Waals surface area contributed by atoms with Crippen LogP contribution in [-0.2, 0) is 9.53 Å². The first-order chi connectivity index (χ1) is 8.31. The number of rotatable bonds is 3. The zero-order chi connectivity index (χ0) is 12.1. The van der Waals surface area contributed by atoms with Crippen LogP contribution in [0.4, 0.5) is 0 Å². The van der Waals surface area contributed by atoms with Crippen molar-refractivity contribution in [2.45, 2.75) is 12.8 Å². The molecule has 0 aromatic heterocycles. The van der Waals surface area contributed by atoms with Crippen LogP contribution < -0.4 is 0 Å². The van der Waals surface area contributed by atoms with E-state index in [-0.39, 0.29) is 5.92 Å². The molecule has 2 heterocycles. The van der Waals surface area contributed by atoms with Crippen molar-refractivity contribution in [2.24, 2.45) is 5.92 Å². The van der Waals surface area contributed by atoms with E-state index in [1.165, 1.54) is 0 Å². The number of nitrogens with zero attached hydrogens (tertiary/aromatic N) is 2. The topological polar surface area (TPSA) is 32.8 Å². The third-order valence-corrected chi connectivity index (χ3v) is 3.87. The van der Waals surface area contributed by atoms with Gasteiger partial charge in [0.25, 0.3) is 0 Å². The molecule has 0 aromatic rings. The fourth-order valence-corrected chi connectivity index (χ4v) is 2.82. The molecule has 17 heavy (non-hydrogen) atoms. The molecule has 98 valence electrons. The average molecular weight is 258 g/mol. The number of piperazine rings is 1. The summed E-state index contributed by atoms with van der Waals surface area (Å²) in [6, 6.07) is 0. The minimum Gasteiger partial charge on any atom is -0.381 e. The Morgan fingerprint density at radius 1 is 1.18 bits per heavy atom. The maximum atomic E-state index is 12.3. The Bertz CT molecular complexity index is 249. The molecule has 2 saturated heterocycles. The predicted molar refractivity (Wildman–Crippen MR) is 70.4 cm³/mol. The van der Waals surface area contributed by atoms with E-state index in [4.69, 9.17) is 4.74 Å². The Balaban J connectivity index is 1.77. The molecule has 0 bridgehead atoms. The monoisotopic (exact) mass is 258 g/mol. The number of thiol groups is 1. The quantitative estimate of drug-likeness (QED) is 0.748. The van der Waals surface area contributed by atoms with E-state index in [1.807, 2.05) is 4.90 Å². The number of ether oxygens (including phenoxy) is 1. The molecule has 2 rings (SSSR count). The van der Waals surface area contributed by atoms with Crippen LogP contribution in [0.1, 0.15) is 12.8 Å². The van der Waals surface area contributed by atoms with Crippen LogP contribution >= 0.6 is 12.6 Å². The third-order valence-electron chi connectivity index (χ3n) is 3.67. The Hall–Kier alpha value is -0.260. The van der Waals surface area contributed by atoms with E-state index in [9.17, 15) is 4.79 Å². The van der Waals surface area contributed by atoms with Crippen molar-refractivity contribution < 1.29 is 9.53 Å². The van der Waals surface area contributed by atoms with E-state index < -0.39 is 0 Å². The molecule has 0 N–H and O–H groups in total. The molecule has 0 atom stereocenters. The van der Waals surface area contributed by atoms with Crippen LogP contribution in [0.15, 0.2) is 0 Å². The fourth-order valence-electron chi connectivity index (χ4n) is 2.54. The number of amides is 1. The summed E-state index contributed by atoms with van der Waals surface area (Å²) >= 11 is 4.24. The highest BCUT2D eigenvalue weighted by Crippen LogP contribution is 2.18. The largest absolute Gasteiger partial charge is 0.381 e. The maximum Gasteiger partial charge on any atom is 0.225 e. The van der Waals surface area contributed by atoms with Gasteiger partial charge in [-0.3, -0.25) is 9.69 Å². The summed E-state index contributed by atoms with van der Waals surface area (Å²) in [4.78, 5) is 16.7. The van der Waals surface area contributed by atoms with E-state index in [0.717, 1.165) is 64.5 Å². The molecule has 0 unspecified atom stereocenters. The van der Waals surface area contributed by atoms with Gasteiger partial charge >= 0.3 is 0 Å². The van der Waals surface area contributed by atoms with Crippen molar-refractivity contribution in [1.82, 2.24) is 9.80 Å². The van der Waals surface area contributed by atoms with Gasteiger partial charge in [0.15, 0.2) is 0 Å². The molecule has 0 spiro atoms. The second-order valence-corrected chi connectivity index (χ2v) is 5.22. The van der Waals surface area contributed by atoms with Crippen LogP contribution in [-0.4, -0.2) is 67.4 Å². The van der Waals surface area contributed by atoms with Crippen molar-refractivity contribution in [3.05, 3.63) is 0 Å². The smallest absolute Gasteiger partial charge is 0.225 e. The Labute approximate surface area is 109 Å². The molecule has 2 fully saturated rings. The van der Waals surface area contributed by atoms with E-state index in [2.05, 4.69) is 17.5 Å². The van der Waals surface area contributed by atoms with Gasteiger partial charge in [-0.1, -0.05) is 0 Å². The first-order valence-corrected chi connectivity index (χ1v) is 7.14. The Morgan fingerprint density at radius 2 is 1.82 bits per heavy atom. The van der Waals surface area contributed by atoms with Gasteiger partial charge in [0, 0.05) is 57.6 Å². The van der Waals surface area contributed by atoms with E-state index in [0.29, 0.717) is 5.91 Å². The second kappa shape index (κ2) is 6.61. The molecular weight excluding hydrogens is 236 g/mol. The van der Waals surface area contributed by atoms with E-state index >= 15 is 0 Å². The van der Waals surface area contributed by atoms with Gasteiger partial charge in [0.1, 0.15) is 0 Å². The fraction of sp³-hybridized carbons (Fsp3) is 0.917. The lowest BCUT2D eigenvalue weighted by Crippen LogP contribution is -2.51. The van der Waals surface area contributed by atoms with Crippen LogP contribution in [0.25, 0.3) is 0 Å². The van der Waals surface area contributed by atoms with Crippen molar-refractivity contribution in [2.75, 3.05) is 51.7 Å². The van der Waals surface area contributed by atoms with Crippen molar-refractivity contribution in [1.29, 1.82) is 0 Å². The molecule has 5 heteroatoms. The minimum atomic E-state index is 0.208. The first kappa shape index (κ1) is 13.2. The standard InChI is InChI=1S/C12H22N2O2S/c15-12(11-1-8-16-9-2-11)14-5-3-13(4-6-14)7-10-17/h11,17H,1-10H2. The molecule has 4 nitrogen and oxygen atoms in total. The summed E-state index contributed by atoms with van der Waals surface area (Å²) in [6.07, 6.45) is 1.80. The first-order valence-electron chi connectivity index (χ1n) is 6.51. The lowest BCUT2D eigenvalue weighted by molar-refractivity contribution is -0.140. The van der Waals surface area contributed by atoms with Crippen LogP contribution in [0.3, 0.4) is 0 Å². The lowest BCUT2D eigenvalue weighted by atomic mass is 9.98. The summed E-state index contributed by atoms with van der Waals surface area (Å²) in [6.45, 7) is 6.27. The number of carbonyl (C=O) groups is 1. The van der Waals surface area contributed by atoms with Crippen molar-refractivity contribution in [3.63, 3.8) is 0 Å². The highest BCUT2D eigenvalue weighted by Gasteiger charge is 2.28. The molecule has 2 aliphatic heterocycles. The van der Waals surface area contributed by atoms with E-state index in [1.54, 1.807) is 0 Å². The van der Waals surface area contributed by atoms with Gasteiger partial charge in [0.05, 0.1) is 0 Å².